The molecule has 0 atom stereocenters. The quantitative estimate of drug-likeness (QED) is 0.534. The van der Waals surface area contributed by atoms with E-state index < -0.39 is 0 Å². The molecule has 1 aromatic carbocycles. The van der Waals surface area contributed by atoms with Crippen molar-refractivity contribution in [3.63, 3.8) is 0 Å². The van der Waals surface area contributed by atoms with Crippen LogP contribution in [-0.4, -0.2) is 30.6 Å². The number of carbonyl (C=O) groups is 1. The van der Waals surface area contributed by atoms with Crippen LogP contribution in [0.25, 0.3) is 10.2 Å². The lowest BCUT2D eigenvalue weighted by Gasteiger charge is -2.19. The minimum Gasteiger partial charge on any atom is -0.307 e. The average Bonchev–Trinajstić information content (AvgIpc) is 3.42. The maximum absolute atomic E-state index is 13.5. The second kappa shape index (κ2) is 6.79. The Morgan fingerprint density at radius 2 is 2.14 bits per heavy atom. The van der Waals surface area contributed by atoms with Crippen LogP contribution in [0.2, 0.25) is 0 Å². The molecule has 0 fully saturated rings. The number of pyridine rings is 1. The highest BCUT2D eigenvalue weighted by Gasteiger charge is 2.29. The molecule has 0 saturated carbocycles. The van der Waals surface area contributed by atoms with Crippen molar-refractivity contribution in [2.75, 3.05) is 4.90 Å². The Kier molecular flexibility index (Phi) is 4.12. The molecule has 4 heterocycles. The number of para-hydroxylation sites is 1. The zero-order valence-corrected chi connectivity index (χ0v) is 16.2. The molecular formula is C20H18N6OS. The van der Waals surface area contributed by atoms with Crippen LogP contribution in [0.5, 0.6) is 0 Å². The van der Waals surface area contributed by atoms with Crippen molar-refractivity contribution in [3.05, 3.63) is 65.5 Å². The summed E-state index contributed by atoms with van der Waals surface area (Å²) in [6, 6.07) is 11.8. The van der Waals surface area contributed by atoms with Gasteiger partial charge in [-0.15, -0.1) is 10.2 Å². The lowest BCUT2D eigenvalue weighted by molar-refractivity contribution is 0.0970. The van der Waals surface area contributed by atoms with Gasteiger partial charge in [-0.05, 0) is 37.1 Å². The van der Waals surface area contributed by atoms with Gasteiger partial charge in [0.2, 0.25) is 5.82 Å². The minimum absolute atomic E-state index is 0.192. The maximum Gasteiger partial charge on any atom is 0.298 e. The van der Waals surface area contributed by atoms with E-state index in [1.54, 1.807) is 11.1 Å². The van der Waals surface area contributed by atoms with Crippen LogP contribution < -0.4 is 4.90 Å². The van der Waals surface area contributed by atoms with Crippen molar-refractivity contribution in [1.29, 1.82) is 0 Å². The standard InChI is InChI=1S/C20H18N6OS/c1-13-6-4-8-15-17(13)22-20(28-15)26(12-14-7-2-3-10-21-14)19(27)18-24-23-16-9-5-11-25(16)18/h2-4,6-8,10H,5,9,11-12H2,1H3. The molecule has 0 saturated heterocycles. The maximum atomic E-state index is 13.5. The Morgan fingerprint density at radius 3 is 2.96 bits per heavy atom. The number of rotatable bonds is 4. The summed E-state index contributed by atoms with van der Waals surface area (Å²) in [6.45, 7) is 3.14. The zero-order chi connectivity index (χ0) is 19.1. The molecule has 7 nitrogen and oxygen atoms in total. The van der Waals surface area contributed by atoms with Crippen LogP contribution >= 0.6 is 11.3 Å². The fraction of sp³-hybridized carbons (Fsp3) is 0.250. The average molecular weight is 390 g/mol. The number of aryl methyl sites for hydroxylation is 2. The van der Waals surface area contributed by atoms with Gasteiger partial charge in [-0.1, -0.05) is 29.5 Å². The summed E-state index contributed by atoms with van der Waals surface area (Å²) in [5, 5.41) is 9.01. The van der Waals surface area contributed by atoms with Crippen molar-refractivity contribution in [1.82, 2.24) is 24.7 Å². The van der Waals surface area contributed by atoms with Crippen molar-refractivity contribution in [3.8, 4) is 0 Å². The number of hydrogen-bond donors (Lipinski definition) is 0. The van der Waals surface area contributed by atoms with Gasteiger partial charge >= 0.3 is 0 Å². The van der Waals surface area contributed by atoms with E-state index in [9.17, 15) is 4.79 Å². The molecule has 0 bridgehead atoms. The van der Waals surface area contributed by atoms with Crippen LogP contribution in [0, 0.1) is 6.92 Å². The molecule has 8 heteroatoms. The lowest BCUT2D eigenvalue weighted by atomic mass is 10.2. The Hall–Kier alpha value is -3.13. The van der Waals surface area contributed by atoms with Gasteiger partial charge in [0.05, 0.1) is 22.5 Å². The monoisotopic (exact) mass is 390 g/mol. The van der Waals surface area contributed by atoms with Crippen molar-refractivity contribution < 1.29 is 4.79 Å². The first kappa shape index (κ1) is 17.0. The van der Waals surface area contributed by atoms with Gasteiger partial charge in [-0.3, -0.25) is 14.7 Å². The number of anilines is 1. The van der Waals surface area contributed by atoms with Crippen molar-refractivity contribution in [2.24, 2.45) is 0 Å². The molecule has 0 unspecified atom stereocenters. The number of amides is 1. The molecular weight excluding hydrogens is 372 g/mol. The summed E-state index contributed by atoms with van der Waals surface area (Å²) < 4.78 is 2.98. The predicted molar refractivity (Wildman–Crippen MR) is 107 cm³/mol. The molecule has 140 valence electrons. The topological polar surface area (TPSA) is 76.8 Å². The normalized spacial score (nSPS) is 13.0. The van der Waals surface area contributed by atoms with Crippen molar-refractivity contribution in [2.45, 2.75) is 32.9 Å². The van der Waals surface area contributed by atoms with Gasteiger partial charge in [0, 0.05) is 19.2 Å². The summed E-state index contributed by atoms with van der Waals surface area (Å²) in [5.74, 6) is 1.06. The van der Waals surface area contributed by atoms with Gasteiger partial charge in [0.15, 0.2) is 5.13 Å². The van der Waals surface area contributed by atoms with Gasteiger partial charge < -0.3 is 4.57 Å². The Morgan fingerprint density at radius 1 is 1.21 bits per heavy atom. The van der Waals surface area contributed by atoms with E-state index in [0.29, 0.717) is 17.5 Å². The summed E-state index contributed by atoms with van der Waals surface area (Å²) in [6.07, 6.45) is 3.59. The van der Waals surface area contributed by atoms with E-state index in [1.165, 1.54) is 11.3 Å². The van der Waals surface area contributed by atoms with Gasteiger partial charge in [-0.25, -0.2) is 4.98 Å². The van der Waals surface area contributed by atoms with Gasteiger partial charge in [-0.2, -0.15) is 0 Å². The minimum atomic E-state index is -0.192. The third-order valence-electron chi connectivity index (χ3n) is 4.93. The summed E-state index contributed by atoms with van der Waals surface area (Å²) in [5.41, 5.74) is 2.81. The summed E-state index contributed by atoms with van der Waals surface area (Å²) in [4.78, 5) is 24.3. The number of hydrogen-bond acceptors (Lipinski definition) is 6. The molecule has 1 aliphatic rings. The molecule has 28 heavy (non-hydrogen) atoms. The fourth-order valence-electron chi connectivity index (χ4n) is 3.50. The molecule has 0 radical (unpaired) electrons. The highest BCUT2D eigenvalue weighted by atomic mass is 32.1. The number of thiazole rings is 1. The van der Waals surface area contributed by atoms with Crippen LogP contribution in [0.15, 0.2) is 42.6 Å². The molecule has 0 aliphatic carbocycles. The predicted octanol–water partition coefficient (Wildman–Crippen LogP) is 3.38. The third kappa shape index (κ3) is 2.86. The molecule has 4 aromatic rings. The SMILES string of the molecule is Cc1cccc2sc(N(Cc3ccccn3)C(=O)c3nnc4n3CCC4)nc12. The van der Waals surface area contributed by atoms with E-state index in [0.717, 1.165) is 46.7 Å². The largest absolute Gasteiger partial charge is 0.307 e. The summed E-state index contributed by atoms with van der Waals surface area (Å²) >= 11 is 1.51. The van der Waals surface area contributed by atoms with Gasteiger partial charge in [0.1, 0.15) is 5.82 Å². The first-order valence-corrected chi connectivity index (χ1v) is 10.0. The van der Waals surface area contributed by atoms with E-state index in [4.69, 9.17) is 4.98 Å². The van der Waals surface area contributed by atoms with Gasteiger partial charge in [0.25, 0.3) is 5.91 Å². The van der Waals surface area contributed by atoms with Crippen LogP contribution in [0.1, 0.15) is 34.1 Å². The van der Waals surface area contributed by atoms with Crippen LogP contribution in [0.4, 0.5) is 5.13 Å². The van der Waals surface area contributed by atoms with Crippen LogP contribution in [-0.2, 0) is 19.5 Å². The number of fused-ring (bicyclic) bond motifs is 2. The van der Waals surface area contributed by atoms with E-state index in [2.05, 4.69) is 15.2 Å². The zero-order valence-electron chi connectivity index (χ0n) is 15.4. The van der Waals surface area contributed by atoms with Crippen LogP contribution in [0.3, 0.4) is 0 Å². The molecule has 1 amide bonds. The Labute approximate surface area is 165 Å². The first-order chi connectivity index (χ1) is 13.7. The Balaban J connectivity index is 1.59. The Bertz CT molecular complexity index is 1170. The number of nitrogens with zero attached hydrogens (tertiary/aromatic N) is 6. The molecule has 3 aromatic heterocycles. The third-order valence-corrected chi connectivity index (χ3v) is 5.98. The highest BCUT2D eigenvalue weighted by molar-refractivity contribution is 7.22. The second-order valence-corrected chi connectivity index (χ2v) is 7.83. The molecule has 0 spiro atoms. The first-order valence-electron chi connectivity index (χ1n) is 9.21. The lowest BCUT2D eigenvalue weighted by Crippen LogP contribution is -2.33. The molecule has 0 N–H and O–H groups in total. The fourth-order valence-corrected chi connectivity index (χ4v) is 4.54. The number of carbonyl (C=O) groups excluding carboxylic acids is 1. The van der Waals surface area contributed by atoms with E-state index in [-0.39, 0.29) is 5.91 Å². The highest BCUT2D eigenvalue weighted by Crippen LogP contribution is 2.32. The number of benzene rings is 1. The van der Waals surface area contributed by atoms with E-state index >= 15 is 0 Å². The summed E-state index contributed by atoms with van der Waals surface area (Å²) in [7, 11) is 0. The van der Waals surface area contributed by atoms with E-state index in [1.807, 2.05) is 47.9 Å². The molecule has 1 aliphatic heterocycles. The second-order valence-electron chi connectivity index (χ2n) is 6.83. The smallest absolute Gasteiger partial charge is 0.298 e. The number of aromatic nitrogens is 5. The van der Waals surface area contributed by atoms with Crippen molar-refractivity contribution >= 4 is 32.6 Å². The molecule has 5 rings (SSSR count).